The lowest BCUT2D eigenvalue weighted by atomic mass is 10.5. The lowest BCUT2D eigenvalue weighted by Gasteiger charge is -2.05. The minimum absolute atomic E-state index is 0.340. The van der Waals surface area contributed by atoms with Crippen molar-refractivity contribution in [2.24, 2.45) is 0 Å². The molecule has 0 aromatic heterocycles. The van der Waals surface area contributed by atoms with E-state index in [1.165, 1.54) is 6.08 Å². The van der Waals surface area contributed by atoms with Crippen molar-refractivity contribution in [3.8, 4) is 0 Å². The summed E-state index contributed by atoms with van der Waals surface area (Å²) in [5.41, 5.74) is 0. The molecule has 0 unspecified atom stereocenters. The van der Waals surface area contributed by atoms with Gasteiger partial charge in [0.2, 0.25) is 0 Å². The second-order valence-electron chi connectivity index (χ2n) is 3.97. The van der Waals surface area contributed by atoms with Crippen LogP contribution in [0.5, 0.6) is 0 Å². The number of rotatable bonds is 11. The predicted molar refractivity (Wildman–Crippen MR) is 99.4 cm³/mol. The van der Waals surface area contributed by atoms with Gasteiger partial charge in [-0.2, -0.15) is 0 Å². The fraction of sp³-hybridized carbons (Fsp3) is 0.667. The van der Waals surface area contributed by atoms with Crippen molar-refractivity contribution in [1.82, 2.24) is 0 Å². The fourth-order valence-corrected chi connectivity index (χ4v) is 2.45. The molecular weight excluding hydrogens is 332 g/mol. The highest BCUT2D eigenvalue weighted by Gasteiger charge is 2.04. The van der Waals surface area contributed by atoms with Crippen LogP contribution in [0.2, 0.25) is 6.04 Å². The summed E-state index contributed by atoms with van der Waals surface area (Å²) >= 11 is 0. The summed E-state index contributed by atoms with van der Waals surface area (Å²) in [6.45, 7) is 12.1. The molecule has 0 amide bonds. The summed E-state index contributed by atoms with van der Waals surface area (Å²) in [5.74, 6) is -0.340. The summed E-state index contributed by atoms with van der Waals surface area (Å²) in [4.78, 5) is 10.5. The Morgan fingerprint density at radius 1 is 1.13 bits per heavy atom. The molecule has 0 atom stereocenters. The van der Waals surface area contributed by atoms with Crippen LogP contribution < -0.4 is 0 Å². The van der Waals surface area contributed by atoms with Crippen LogP contribution >= 0.6 is 0 Å². The molecule has 0 radical (unpaired) electrons. The summed E-state index contributed by atoms with van der Waals surface area (Å²) in [6, 6.07) is 1.07. The zero-order valence-electron chi connectivity index (χ0n) is 15.3. The minimum Gasteiger partial charge on any atom is -0.463 e. The summed E-state index contributed by atoms with van der Waals surface area (Å²) in [7, 11) is 2.69. The van der Waals surface area contributed by atoms with Gasteiger partial charge in [-0.15, -0.1) is 6.58 Å². The smallest absolute Gasteiger partial charge is 0.463 e. The largest absolute Gasteiger partial charge is 0.483 e. The standard InChI is InChI=1S/C8H16O3Si.C4H8.C3H10O3Si/c1-3-8(9)10-6-5-7-12-11-4-2;1-3-4-2;1-4-7(5-2)6-3/h3H,1,4-7,12H2,2H3;3H,1,4H2,2H3;7H,1-3H3. The lowest BCUT2D eigenvalue weighted by molar-refractivity contribution is -0.137. The minimum atomic E-state index is -1.67. The normalized spacial score (nSPS) is 9.65. The third kappa shape index (κ3) is 29.8. The molecule has 0 spiro atoms. The van der Waals surface area contributed by atoms with E-state index in [1.807, 2.05) is 13.0 Å². The number of hydrogen-bond acceptors (Lipinski definition) is 6. The number of hydrogen-bond donors (Lipinski definition) is 0. The van der Waals surface area contributed by atoms with Gasteiger partial charge < -0.3 is 22.4 Å². The SMILES string of the molecule is C=CC(=O)OCCC[SiH2]OCC.C=CCC.CO[SiH](OC)OC. The van der Waals surface area contributed by atoms with Crippen molar-refractivity contribution < 1.29 is 27.2 Å². The van der Waals surface area contributed by atoms with Gasteiger partial charge in [0.05, 0.1) is 6.61 Å². The number of carbonyl (C=O) groups excluding carboxylic acids is 1. The Morgan fingerprint density at radius 2 is 1.65 bits per heavy atom. The predicted octanol–water partition coefficient (Wildman–Crippen LogP) is 1.87. The molecule has 0 bridgehead atoms. The highest BCUT2D eigenvalue weighted by molar-refractivity contribution is 6.36. The molecule has 0 heterocycles. The van der Waals surface area contributed by atoms with Gasteiger partial charge in [0.25, 0.3) is 0 Å². The Morgan fingerprint density at radius 3 is 1.96 bits per heavy atom. The van der Waals surface area contributed by atoms with Gasteiger partial charge in [0, 0.05) is 34.0 Å². The fourth-order valence-electron chi connectivity index (χ4n) is 0.971. The molecule has 138 valence electrons. The Hall–Kier alpha value is -0.776. The summed E-state index contributed by atoms with van der Waals surface area (Å²) < 4.78 is 24.3. The Labute approximate surface area is 145 Å². The van der Waals surface area contributed by atoms with Crippen molar-refractivity contribution in [3.05, 3.63) is 25.3 Å². The summed E-state index contributed by atoms with van der Waals surface area (Å²) in [6.07, 6.45) is 5.05. The van der Waals surface area contributed by atoms with E-state index in [4.69, 9.17) is 22.4 Å². The van der Waals surface area contributed by atoms with Gasteiger partial charge in [-0.1, -0.05) is 19.6 Å². The number of allylic oxidation sites excluding steroid dienone is 1. The van der Waals surface area contributed by atoms with E-state index in [1.54, 1.807) is 21.3 Å². The quantitative estimate of drug-likeness (QED) is 0.183. The maximum Gasteiger partial charge on any atom is 0.483 e. The molecule has 0 N–H and O–H groups in total. The first-order valence-electron chi connectivity index (χ1n) is 7.63. The van der Waals surface area contributed by atoms with Gasteiger partial charge >= 0.3 is 15.5 Å². The van der Waals surface area contributed by atoms with Crippen molar-refractivity contribution in [1.29, 1.82) is 0 Å². The highest BCUT2D eigenvalue weighted by Crippen LogP contribution is 1.91. The molecule has 0 rings (SSSR count). The monoisotopic (exact) mass is 366 g/mol. The van der Waals surface area contributed by atoms with Crippen LogP contribution in [-0.2, 0) is 27.2 Å². The first-order chi connectivity index (χ1) is 11.1. The second-order valence-corrected chi connectivity index (χ2v) is 7.48. The van der Waals surface area contributed by atoms with Gasteiger partial charge in [0.15, 0.2) is 9.76 Å². The van der Waals surface area contributed by atoms with Crippen molar-refractivity contribution >= 4 is 25.3 Å². The van der Waals surface area contributed by atoms with Crippen LogP contribution in [0.15, 0.2) is 25.3 Å². The Kier molecular flexibility index (Phi) is 30.8. The Bertz CT molecular complexity index is 255. The van der Waals surface area contributed by atoms with Gasteiger partial charge in [-0.25, -0.2) is 4.79 Å². The summed E-state index contributed by atoms with van der Waals surface area (Å²) in [5, 5.41) is 0. The highest BCUT2D eigenvalue weighted by atomic mass is 28.3. The lowest BCUT2D eigenvalue weighted by Crippen LogP contribution is -2.21. The van der Waals surface area contributed by atoms with Gasteiger partial charge in [0.1, 0.15) is 0 Å². The molecule has 0 aromatic rings. The molecule has 0 aliphatic heterocycles. The Balaban J connectivity index is -0.000000307. The van der Waals surface area contributed by atoms with E-state index in [0.717, 1.165) is 25.5 Å². The molecule has 0 aromatic carbocycles. The molecule has 0 saturated carbocycles. The van der Waals surface area contributed by atoms with E-state index in [9.17, 15) is 4.79 Å². The zero-order chi connectivity index (χ0) is 18.3. The molecule has 0 aliphatic carbocycles. The molecule has 8 heteroatoms. The molecular formula is C15H34O6Si2. The first-order valence-corrected chi connectivity index (χ1v) is 10.6. The van der Waals surface area contributed by atoms with Gasteiger partial charge in [-0.3, -0.25) is 0 Å². The van der Waals surface area contributed by atoms with Crippen LogP contribution in [0.1, 0.15) is 26.7 Å². The number of ether oxygens (including phenoxy) is 1. The van der Waals surface area contributed by atoms with Crippen LogP contribution in [0.3, 0.4) is 0 Å². The topological polar surface area (TPSA) is 63.2 Å². The second kappa shape index (κ2) is 26.1. The van der Waals surface area contributed by atoms with Crippen LogP contribution in [0, 0.1) is 0 Å². The van der Waals surface area contributed by atoms with E-state index >= 15 is 0 Å². The van der Waals surface area contributed by atoms with Crippen LogP contribution in [0.4, 0.5) is 0 Å². The number of carbonyl (C=O) groups is 1. The molecule has 0 aliphatic rings. The van der Waals surface area contributed by atoms with E-state index < -0.39 is 9.53 Å². The first kappa shape index (κ1) is 27.1. The molecule has 0 fully saturated rings. The van der Waals surface area contributed by atoms with Crippen LogP contribution in [-0.4, -0.2) is 59.8 Å². The molecule has 23 heavy (non-hydrogen) atoms. The molecule has 0 saturated heterocycles. The van der Waals surface area contributed by atoms with Crippen LogP contribution in [0.25, 0.3) is 0 Å². The maximum atomic E-state index is 10.5. The third-order valence-electron chi connectivity index (χ3n) is 2.16. The molecule has 6 nitrogen and oxygen atoms in total. The van der Waals surface area contributed by atoms with E-state index in [-0.39, 0.29) is 15.7 Å². The maximum absolute atomic E-state index is 10.5. The van der Waals surface area contributed by atoms with Gasteiger partial charge in [-0.05, 0) is 25.8 Å². The average Bonchev–Trinajstić information content (AvgIpc) is 2.60. The number of esters is 1. The van der Waals surface area contributed by atoms with Crippen molar-refractivity contribution in [2.45, 2.75) is 32.7 Å². The van der Waals surface area contributed by atoms with E-state index in [0.29, 0.717) is 6.61 Å². The van der Waals surface area contributed by atoms with Crippen molar-refractivity contribution in [2.75, 3.05) is 34.5 Å². The zero-order valence-corrected chi connectivity index (χ0v) is 17.9. The average molecular weight is 367 g/mol. The third-order valence-corrected chi connectivity index (χ3v) is 4.80. The van der Waals surface area contributed by atoms with E-state index in [2.05, 4.69) is 20.1 Å². The van der Waals surface area contributed by atoms with Crippen molar-refractivity contribution in [3.63, 3.8) is 0 Å².